The maximum atomic E-state index is 13.2. The number of carbonyl (C=O) groups excluding carboxylic acids is 4. The topological polar surface area (TPSA) is 161 Å². The van der Waals surface area contributed by atoms with Crippen molar-refractivity contribution >= 4 is 23.8 Å². The Morgan fingerprint density at radius 1 is 1.17 bits per heavy atom. The third-order valence-corrected chi connectivity index (χ3v) is 5.60. The number of rotatable bonds is 6. The van der Waals surface area contributed by atoms with Gasteiger partial charge >= 0.3 is 17.9 Å². The summed E-state index contributed by atoms with van der Waals surface area (Å²) in [5, 5.41) is 11.9. The van der Waals surface area contributed by atoms with Gasteiger partial charge in [-0.1, -0.05) is 44.2 Å². The first kappa shape index (κ1) is 26.5. The van der Waals surface area contributed by atoms with E-state index in [4.69, 9.17) is 14.2 Å². The van der Waals surface area contributed by atoms with Gasteiger partial charge < -0.3 is 29.6 Å². The van der Waals surface area contributed by atoms with Gasteiger partial charge in [0.2, 0.25) is 0 Å². The second-order valence-corrected chi connectivity index (χ2v) is 8.75. The molecule has 1 saturated heterocycles. The van der Waals surface area contributed by atoms with Crippen LogP contribution in [0.4, 0.5) is 0 Å². The number of hydrogen-bond donors (Lipinski definition) is 3. The van der Waals surface area contributed by atoms with Crippen LogP contribution in [0.2, 0.25) is 0 Å². The molecule has 36 heavy (non-hydrogen) atoms. The number of ether oxygens (including phenoxy) is 3. The Hall–Kier alpha value is -4.15. The van der Waals surface area contributed by atoms with Crippen molar-refractivity contribution in [2.24, 2.45) is 11.8 Å². The van der Waals surface area contributed by atoms with Gasteiger partial charge in [-0.25, -0.2) is 4.79 Å². The van der Waals surface area contributed by atoms with Crippen LogP contribution in [0.25, 0.3) is 0 Å². The zero-order valence-corrected chi connectivity index (χ0v) is 20.1. The molecule has 192 valence electrons. The lowest BCUT2D eigenvalue weighted by atomic mass is 9.91. The number of hydrogen-bond acceptors (Lipinski definition) is 9. The molecule has 1 amide bonds. The number of amides is 1. The smallest absolute Gasteiger partial charge is 0.332 e. The molecule has 0 bridgehead atoms. The molecule has 11 nitrogen and oxygen atoms in total. The summed E-state index contributed by atoms with van der Waals surface area (Å²) in [5.41, 5.74) is -0.473. The van der Waals surface area contributed by atoms with Crippen molar-refractivity contribution in [1.82, 2.24) is 10.3 Å². The summed E-state index contributed by atoms with van der Waals surface area (Å²) in [5.74, 6) is -5.13. The lowest BCUT2D eigenvalue weighted by Crippen LogP contribution is -2.47. The summed E-state index contributed by atoms with van der Waals surface area (Å²) in [6.07, 6.45) is -1.07. The summed E-state index contributed by atoms with van der Waals surface area (Å²) in [4.78, 5) is 65.2. The molecule has 1 aliphatic rings. The van der Waals surface area contributed by atoms with Crippen molar-refractivity contribution in [3.63, 3.8) is 0 Å². The van der Waals surface area contributed by atoms with E-state index in [1.807, 2.05) is 6.07 Å². The van der Waals surface area contributed by atoms with E-state index in [9.17, 15) is 29.1 Å². The van der Waals surface area contributed by atoms with Gasteiger partial charge in [0.25, 0.3) is 11.5 Å². The van der Waals surface area contributed by atoms with Crippen molar-refractivity contribution in [2.45, 2.75) is 45.4 Å². The van der Waals surface area contributed by atoms with Crippen molar-refractivity contribution in [2.75, 3.05) is 6.61 Å². The minimum absolute atomic E-state index is 0.146. The van der Waals surface area contributed by atoms with E-state index in [-0.39, 0.29) is 12.2 Å². The van der Waals surface area contributed by atoms with Gasteiger partial charge in [0, 0.05) is 6.20 Å². The van der Waals surface area contributed by atoms with Gasteiger partial charge in [0.05, 0.1) is 5.92 Å². The molecule has 2 aromatic rings. The zero-order valence-electron chi connectivity index (χ0n) is 20.1. The van der Waals surface area contributed by atoms with Crippen LogP contribution < -0.4 is 10.9 Å². The van der Waals surface area contributed by atoms with E-state index >= 15 is 0 Å². The highest BCUT2D eigenvalue weighted by Crippen LogP contribution is 2.24. The Morgan fingerprint density at radius 3 is 2.53 bits per heavy atom. The summed E-state index contributed by atoms with van der Waals surface area (Å²) in [6.45, 7) is 4.16. The van der Waals surface area contributed by atoms with Crippen molar-refractivity contribution in [1.29, 1.82) is 0 Å². The van der Waals surface area contributed by atoms with Gasteiger partial charge in [-0.15, -0.1) is 0 Å². The van der Waals surface area contributed by atoms with E-state index in [1.54, 1.807) is 38.1 Å². The summed E-state index contributed by atoms with van der Waals surface area (Å²) in [7, 11) is 0. The maximum absolute atomic E-state index is 13.2. The van der Waals surface area contributed by atoms with Gasteiger partial charge in [-0.3, -0.25) is 19.2 Å². The Morgan fingerprint density at radius 2 is 1.86 bits per heavy atom. The number of aromatic hydroxyl groups is 1. The van der Waals surface area contributed by atoms with E-state index in [2.05, 4.69) is 10.3 Å². The molecule has 0 aliphatic carbocycles. The Balaban J connectivity index is 1.88. The van der Waals surface area contributed by atoms with Gasteiger partial charge in [0.1, 0.15) is 29.9 Å². The number of cyclic esters (lactones) is 2. The number of H-pyrrole nitrogens is 1. The third kappa shape index (κ3) is 6.49. The Kier molecular flexibility index (Phi) is 8.46. The fourth-order valence-electron chi connectivity index (χ4n) is 3.63. The highest BCUT2D eigenvalue weighted by atomic mass is 16.6. The van der Waals surface area contributed by atoms with Crippen LogP contribution in [0.3, 0.4) is 0 Å². The second-order valence-electron chi connectivity index (χ2n) is 8.75. The first-order valence-electron chi connectivity index (χ1n) is 11.4. The van der Waals surface area contributed by atoms with Crippen molar-refractivity contribution in [3.8, 4) is 5.75 Å². The highest BCUT2D eigenvalue weighted by Gasteiger charge is 2.42. The fourth-order valence-corrected chi connectivity index (χ4v) is 3.63. The first-order valence-corrected chi connectivity index (χ1v) is 11.4. The molecule has 1 fully saturated rings. The summed E-state index contributed by atoms with van der Waals surface area (Å²) in [6, 6.07) is 8.48. The van der Waals surface area contributed by atoms with Gasteiger partial charge in [0.15, 0.2) is 12.1 Å². The summed E-state index contributed by atoms with van der Waals surface area (Å²) < 4.78 is 16.4. The van der Waals surface area contributed by atoms with Crippen LogP contribution in [-0.2, 0) is 35.0 Å². The average Bonchev–Trinajstić information content (AvgIpc) is 2.87. The molecule has 1 aliphatic heterocycles. The number of aromatic amines is 1. The number of benzene rings is 1. The average molecular weight is 501 g/mol. The fraction of sp³-hybridized carbons (Fsp3) is 0.400. The zero-order chi connectivity index (χ0) is 26.4. The Labute approximate surface area is 206 Å². The molecule has 1 aromatic heterocycles. The van der Waals surface area contributed by atoms with E-state index in [1.165, 1.54) is 6.92 Å². The first-order chi connectivity index (χ1) is 17.1. The molecular weight excluding hydrogens is 472 g/mol. The molecule has 1 aromatic carbocycles. The molecule has 11 heteroatoms. The lowest BCUT2D eigenvalue weighted by Gasteiger charge is -2.29. The molecule has 0 spiro atoms. The van der Waals surface area contributed by atoms with Gasteiger partial charge in [-0.05, 0) is 25.0 Å². The van der Waals surface area contributed by atoms with Crippen LogP contribution in [0.15, 0.2) is 47.4 Å². The minimum Gasteiger partial charge on any atom is -0.506 e. The molecule has 4 atom stereocenters. The highest BCUT2D eigenvalue weighted by molar-refractivity contribution is 5.97. The van der Waals surface area contributed by atoms with Crippen molar-refractivity contribution in [3.05, 3.63) is 64.1 Å². The quantitative estimate of drug-likeness (QED) is 0.389. The maximum Gasteiger partial charge on any atom is 0.332 e. The predicted molar refractivity (Wildman–Crippen MR) is 125 cm³/mol. The third-order valence-electron chi connectivity index (χ3n) is 5.60. The number of aromatic nitrogens is 1. The SMILES string of the molecule is CC(C)C(=O)OC1C(C)OC(=O)C(NC(=O)c2cc(O)c[nH]c2=O)COC(=O)C1Cc1ccccc1. The molecule has 0 radical (unpaired) electrons. The van der Waals surface area contributed by atoms with Crippen molar-refractivity contribution < 1.29 is 38.5 Å². The van der Waals surface area contributed by atoms with Gasteiger partial charge in [-0.2, -0.15) is 0 Å². The lowest BCUT2D eigenvalue weighted by molar-refractivity contribution is -0.176. The van der Waals surface area contributed by atoms with Crippen LogP contribution in [0.1, 0.15) is 36.7 Å². The largest absolute Gasteiger partial charge is 0.506 e. The molecule has 4 unspecified atom stereocenters. The van der Waals surface area contributed by atoms with Crippen LogP contribution >= 0.6 is 0 Å². The predicted octanol–water partition coefficient (Wildman–Crippen LogP) is 1.09. The number of carbonyl (C=O) groups is 4. The van der Waals surface area contributed by atoms with Crippen LogP contribution in [-0.4, -0.2) is 58.8 Å². The molecular formula is C25H28N2O9. The Bertz CT molecular complexity index is 1180. The monoisotopic (exact) mass is 500 g/mol. The minimum atomic E-state index is -1.46. The number of pyridine rings is 1. The number of nitrogens with one attached hydrogen (secondary N) is 2. The van der Waals surface area contributed by atoms with Crippen LogP contribution in [0.5, 0.6) is 5.75 Å². The molecule has 3 N–H and O–H groups in total. The molecule has 2 heterocycles. The second kappa shape index (κ2) is 11.5. The van der Waals surface area contributed by atoms with Crippen LogP contribution in [0, 0.1) is 11.8 Å². The standard InChI is InChI=1S/C25H28N2O9/c1-13(2)23(31)36-20-14(3)35-25(33)19(27-22(30)18-10-16(28)11-26-21(18)29)12-34-24(32)17(20)9-15-7-5-4-6-8-15/h4-8,10-11,13-14,17,19-20,28H,9,12H2,1-3H3,(H,26,29)(H,27,30). The van der Waals surface area contributed by atoms with E-state index < -0.39 is 71.6 Å². The molecule has 0 saturated carbocycles. The normalized spacial score (nSPS) is 22.4. The van der Waals surface area contributed by atoms with E-state index in [0.717, 1.165) is 17.8 Å². The molecule has 3 rings (SSSR count). The summed E-state index contributed by atoms with van der Waals surface area (Å²) >= 11 is 0. The van der Waals surface area contributed by atoms with E-state index in [0.29, 0.717) is 0 Å². The number of esters is 3.